The van der Waals surface area contributed by atoms with Crippen LogP contribution in [0.15, 0.2) is 11.4 Å². The van der Waals surface area contributed by atoms with Gasteiger partial charge < -0.3 is 4.74 Å². The molecule has 0 saturated carbocycles. The zero-order chi connectivity index (χ0) is 9.84. The van der Waals surface area contributed by atoms with Crippen molar-refractivity contribution in [1.29, 1.82) is 0 Å². The van der Waals surface area contributed by atoms with E-state index in [4.69, 9.17) is 4.74 Å². The molecule has 1 rings (SSSR count). The highest BCUT2D eigenvalue weighted by atomic mass is 32.1. The largest absolute Gasteiger partial charge is 0.425 e. The van der Waals surface area contributed by atoms with Crippen LogP contribution < -0.4 is 4.74 Å². The van der Waals surface area contributed by atoms with Crippen LogP contribution in [-0.4, -0.2) is 10.9 Å². The zero-order valence-electron chi connectivity index (χ0n) is 6.85. The number of nitrogens with zero attached hydrogens (tertiary/aromatic N) is 1. The molecule has 13 heavy (non-hydrogen) atoms. The standard InChI is InChI=1S/C7H7NO4S/c1-2-7(9)12-5-3-6(8(10)11)13-4-5/h3-4H,2H2,1H3. The second-order valence-electron chi connectivity index (χ2n) is 2.21. The minimum Gasteiger partial charge on any atom is -0.425 e. The van der Waals surface area contributed by atoms with Gasteiger partial charge in [-0.15, -0.1) is 0 Å². The van der Waals surface area contributed by atoms with Crippen LogP contribution in [0, 0.1) is 10.1 Å². The zero-order valence-corrected chi connectivity index (χ0v) is 7.67. The van der Waals surface area contributed by atoms with Gasteiger partial charge in [-0.25, -0.2) is 0 Å². The van der Waals surface area contributed by atoms with Gasteiger partial charge in [0.2, 0.25) is 0 Å². The number of carbonyl (C=O) groups is 1. The summed E-state index contributed by atoms with van der Waals surface area (Å²) < 4.78 is 4.76. The van der Waals surface area contributed by atoms with Crippen LogP contribution in [0.1, 0.15) is 13.3 Å². The molecule has 1 aromatic heterocycles. The molecule has 5 nitrogen and oxygen atoms in total. The number of nitro groups is 1. The van der Waals surface area contributed by atoms with Gasteiger partial charge in [0.25, 0.3) is 0 Å². The quantitative estimate of drug-likeness (QED) is 0.426. The number of esters is 1. The van der Waals surface area contributed by atoms with Gasteiger partial charge in [-0.05, 0) is 0 Å². The van der Waals surface area contributed by atoms with Crippen molar-refractivity contribution in [1.82, 2.24) is 0 Å². The Morgan fingerprint density at radius 3 is 2.92 bits per heavy atom. The molecule has 0 spiro atoms. The third-order valence-corrected chi connectivity index (χ3v) is 2.12. The Hall–Kier alpha value is -1.43. The van der Waals surface area contributed by atoms with Crippen molar-refractivity contribution >= 4 is 22.3 Å². The molecule has 0 aliphatic carbocycles. The van der Waals surface area contributed by atoms with E-state index < -0.39 is 10.9 Å². The van der Waals surface area contributed by atoms with Crippen molar-refractivity contribution in [2.45, 2.75) is 13.3 Å². The van der Waals surface area contributed by atoms with E-state index in [-0.39, 0.29) is 17.2 Å². The smallest absolute Gasteiger partial charge is 0.327 e. The molecule has 1 heterocycles. The molecule has 0 unspecified atom stereocenters. The molecule has 0 saturated heterocycles. The average Bonchev–Trinajstić information content (AvgIpc) is 2.52. The van der Waals surface area contributed by atoms with Crippen LogP contribution in [-0.2, 0) is 4.79 Å². The maximum Gasteiger partial charge on any atom is 0.327 e. The predicted octanol–water partition coefficient (Wildman–Crippen LogP) is 1.97. The lowest BCUT2D eigenvalue weighted by Gasteiger charge is -1.95. The maximum atomic E-state index is 10.8. The van der Waals surface area contributed by atoms with Crippen LogP contribution >= 0.6 is 11.3 Å². The highest BCUT2D eigenvalue weighted by Crippen LogP contribution is 2.28. The number of thiophene rings is 1. The highest BCUT2D eigenvalue weighted by molar-refractivity contribution is 7.13. The van der Waals surface area contributed by atoms with E-state index in [1.165, 1.54) is 11.4 Å². The summed E-state index contributed by atoms with van der Waals surface area (Å²) in [7, 11) is 0. The molecule has 0 aromatic carbocycles. The summed E-state index contributed by atoms with van der Waals surface area (Å²) in [5, 5.41) is 11.7. The lowest BCUT2D eigenvalue weighted by molar-refractivity contribution is -0.380. The topological polar surface area (TPSA) is 69.4 Å². The summed E-state index contributed by atoms with van der Waals surface area (Å²) in [5.74, 6) is -0.156. The van der Waals surface area contributed by atoms with Gasteiger partial charge in [0.1, 0.15) is 5.75 Å². The van der Waals surface area contributed by atoms with E-state index in [1.807, 2.05) is 0 Å². The molecular formula is C7H7NO4S. The van der Waals surface area contributed by atoms with Crippen molar-refractivity contribution in [3.63, 3.8) is 0 Å². The van der Waals surface area contributed by atoms with E-state index in [9.17, 15) is 14.9 Å². The summed E-state index contributed by atoms with van der Waals surface area (Å²) in [4.78, 5) is 20.5. The first-order chi connectivity index (χ1) is 6.13. The Morgan fingerprint density at radius 2 is 2.46 bits per heavy atom. The second-order valence-corrected chi connectivity index (χ2v) is 3.10. The van der Waals surface area contributed by atoms with E-state index in [2.05, 4.69) is 0 Å². The van der Waals surface area contributed by atoms with E-state index >= 15 is 0 Å². The van der Waals surface area contributed by atoms with Crippen molar-refractivity contribution in [2.24, 2.45) is 0 Å². The predicted molar refractivity (Wildman–Crippen MR) is 46.9 cm³/mol. The molecule has 0 aliphatic heterocycles. The summed E-state index contributed by atoms with van der Waals surface area (Å²) >= 11 is 0.934. The average molecular weight is 201 g/mol. The minimum atomic E-state index is -0.520. The summed E-state index contributed by atoms with van der Waals surface area (Å²) in [6.45, 7) is 1.66. The molecule has 6 heteroatoms. The lowest BCUT2D eigenvalue weighted by atomic mass is 10.5. The van der Waals surface area contributed by atoms with Crippen LogP contribution in [0.2, 0.25) is 0 Å². The summed E-state index contributed by atoms with van der Waals surface area (Å²) in [6, 6.07) is 1.23. The molecule has 0 aliphatic rings. The third kappa shape index (κ3) is 2.51. The number of rotatable bonds is 3. The molecule has 0 fully saturated rings. The Bertz CT molecular complexity index is 333. The van der Waals surface area contributed by atoms with Crippen LogP contribution in [0.5, 0.6) is 5.75 Å². The van der Waals surface area contributed by atoms with Gasteiger partial charge in [0.05, 0.1) is 11.0 Å². The Morgan fingerprint density at radius 1 is 1.77 bits per heavy atom. The SMILES string of the molecule is CCC(=O)Oc1csc([N+](=O)[O-])c1. The Balaban J connectivity index is 2.69. The lowest BCUT2D eigenvalue weighted by Crippen LogP contribution is -2.04. The Labute approximate surface area is 78.1 Å². The number of hydrogen-bond donors (Lipinski definition) is 0. The molecule has 70 valence electrons. The molecular weight excluding hydrogens is 194 g/mol. The first-order valence-corrected chi connectivity index (χ1v) is 4.45. The molecule has 1 aromatic rings. The highest BCUT2D eigenvalue weighted by Gasteiger charge is 2.11. The normalized spacial score (nSPS) is 9.62. The van der Waals surface area contributed by atoms with E-state index in [1.54, 1.807) is 6.92 Å². The summed E-state index contributed by atoms with van der Waals surface area (Å²) in [5.41, 5.74) is 0. The number of hydrogen-bond acceptors (Lipinski definition) is 5. The third-order valence-electron chi connectivity index (χ3n) is 1.26. The van der Waals surface area contributed by atoms with Crippen molar-refractivity contribution in [3.8, 4) is 5.75 Å². The van der Waals surface area contributed by atoms with Crippen molar-refractivity contribution in [2.75, 3.05) is 0 Å². The molecule has 0 radical (unpaired) electrons. The van der Waals surface area contributed by atoms with Crippen LogP contribution in [0.4, 0.5) is 5.00 Å². The van der Waals surface area contributed by atoms with E-state index in [0.717, 1.165) is 11.3 Å². The van der Waals surface area contributed by atoms with Gasteiger partial charge in [0.15, 0.2) is 0 Å². The van der Waals surface area contributed by atoms with Crippen molar-refractivity contribution < 1.29 is 14.5 Å². The fourth-order valence-electron chi connectivity index (χ4n) is 0.661. The maximum absolute atomic E-state index is 10.8. The van der Waals surface area contributed by atoms with Gasteiger partial charge in [-0.3, -0.25) is 14.9 Å². The molecule has 0 bridgehead atoms. The minimum absolute atomic E-state index is 0.0288. The fourth-order valence-corrected chi connectivity index (χ4v) is 1.28. The molecule has 0 atom stereocenters. The van der Waals surface area contributed by atoms with Gasteiger partial charge >= 0.3 is 11.0 Å². The van der Waals surface area contributed by atoms with Gasteiger partial charge in [0, 0.05) is 11.8 Å². The van der Waals surface area contributed by atoms with E-state index in [0.29, 0.717) is 0 Å². The van der Waals surface area contributed by atoms with Crippen molar-refractivity contribution in [3.05, 3.63) is 21.6 Å². The number of ether oxygens (including phenoxy) is 1. The van der Waals surface area contributed by atoms with Gasteiger partial charge in [-0.1, -0.05) is 18.3 Å². The number of carbonyl (C=O) groups excluding carboxylic acids is 1. The first-order valence-electron chi connectivity index (χ1n) is 3.57. The second kappa shape index (κ2) is 3.99. The Kier molecular flexibility index (Phi) is 2.97. The summed E-state index contributed by atoms with van der Waals surface area (Å²) in [6.07, 6.45) is 0.254. The first kappa shape index (κ1) is 9.66. The monoisotopic (exact) mass is 201 g/mol. The fraction of sp³-hybridized carbons (Fsp3) is 0.286. The van der Waals surface area contributed by atoms with Crippen LogP contribution in [0.3, 0.4) is 0 Å². The molecule has 0 N–H and O–H groups in total. The molecule has 0 amide bonds. The van der Waals surface area contributed by atoms with Crippen LogP contribution in [0.25, 0.3) is 0 Å². The van der Waals surface area contributed by atoms with Gasteiger partial charge in [-0.2, -0.15) is 0 Å².